The Hall–Kier alpha value is -2.54. The molecule has 3 heterocycles. The molecule has 43 heavy (non-hydrogen) atoms. The molecule has 0 saturated carbocycles. The molecule has 1 aromatic carbocycles. The van der Waals surface area contributed by atoms with Gasteiger partial charge in [-0.3, -0.25) is 9.59 Å². The number of carbonyl (C=O) groups excluding carboxylic acids is 2. The van der Waals surface area contributed by atoms with Gasteiger partial charge >= 0.3 is 0 Å². The third-order valence-corrected chi connectivity index (χ3v) is 9.23. The van der Waals surface area contributed by atoms with Crippen LogP contribution in [0.15, 0.2) is 30.5 Å². The molecule has 11 nitrogen and oxygen atoms in total. The number of ether oxygens (including phenoxy) is 2. The third kappa shape index (κ3) is 7.58. The summed E-state index contributed by atoms with van der Waals surface area (Å²) in [5, 5.41) is 41.3. The summed E-state index contributed by atoms with van der Waals surface area (Å²) < 4.78 is 12.4. The van der Waals surface area contributed by atoms with Crippen molar-refractivity contribution in [1.82, 2.24) is 20.5 Å². The summed E-state index contributed by atoms with van der Waals surface area (Å²) in [6.45, 7) is 9.04. The summed E-state index contributed by atoms with van der Waals surface area (Å²) in [4.78, 5) is 32.1. The topological polar surface area (TPSA) is 156 Å². The number of nitrogens with one attached hydrogen (secondary N) is 3. The molecular formula is C32H50N4O7. The average Bonchev–Trinajstić information content (AvgIpc) is 3.36. The number of aromatic amines is 1. The summed E-state index contributed by atoms with van der Waals surface area (Å²) in [6, 6.07) is 6.68. The van der Waals surface area contributed by atoms with Gasteiger partial charge in [0.25, 0.3) is 0 Å². The van der Waals surface area contributed by atoms with Crippen molar-refractivity contribution in [3.8, 4) is 0 Å². The van der Waals surface area contributed by atoms with E-state index in [0.717, 1.165) is 16.5 Å². The smallest absolute Gasteiger partial charge is 0.242 e. The van der Waals surface area contributed by atoms with Gasteiger partial charge in [0.15, 0.2) is 6.29 Å². The van der Waals surface area contributed by atoms with Crippen LogP contribution in [-0.2, 0) is 25.5 Å². The molecule has 0 bridgehead atoms. The number of likely N-dealkylation sites (N-methyl/N-ethyl adjacent to an activating group) is 1. The van der Waals surface area contributed by atoms with Gasteiger partial charge in [0, 0.05) is 42.0 Å². The maximum atomic E-state index is 13.5. The zero-order valence-electron chi connectivity index (χ0n) is 26.4. The van der Waals surface area contributed by atoms with Crippen LogP contribution in [0.5, 0.6) is 0 Å². The summed E-state index contributed by atoms with van der Waals surface area (Å²) in [7, 11) is 3.76. The van der Waals surface area contributed by atoms with E-state index in [2.05, 4.69) is 15.6 Å². The zero-order chi connectivity index (χ0) is 31.6. The molecule has 0 spiro atoms. The minimum atomic E-state index is -1.49. The van der Waals surface area contributed by atoms with Crippen molar-refractivity contribution < 1.29 is 34.4 Å². The molecule has 0 aliphatic carbocycles. The second-order valence-corrected chi connectivity index (χ2v) is 13.3. The number of rotatable bonds is 5. The van der Waals surface area contributed by atoms with E-state index in [1.165, 1.54) is 0 Å². The number of H-pyrrole nitrogens is 1. The average molecular weight is 603 g/mol. The molecule has 11 atom stereocenters. The van der Waals surface area contributed by atoms with Crippen molar-refractivity contribution in [2.45, 2.75) is 102 Å². The number of carbonyl (C=O) groups is 2. The number of para-hydroxylation sites is 1. The number of fused-ring (bicyclic) bond motifs is 1. The Morgan fingerprint density at radius 2 is 1.77 bits per heavy atom. The second kappa shape index (κ2) is 13.6. The largest absolute Gasteiger partial charge is 0.392 e. The minimum Gasteiger partial charge on any atom is -0.392 e. The highest BCUT2D eigenvalue weighted by atomic mass is 16.7. The minimum absolute atomic E-state index is 0.178. The van der Waals surface area contributed by atoms with E-state index >= 15 is 0 Å². The number of hydrogen-bond acceptors (Lipinski definition) is 8. The first-order valence-electron chi connectivity index (χ1n) is 15.4. The monoisotopic (exact) mass is 602 g/mol. The van der Waals surface area contributed by atoms with Gasteiger partial charge in [0.05, 0.1) is 29.8 Å². The number of aliphatic hydroxyl groups is 3. The molecule has 0 unspecified atom stereocenters. The first-order valence-corrected chi connectivity index (χ1v) is 15.4. The fourth-order valence-corrected chi connectivity index (χ4v) is 6.75. The Morgan fingerprint density at radius 3 is 2.47 bits per heavy atom. The molecule has 11 heteroatoms. The zero-order valence-corrected chi connectivity index (χ0v) is 26.4. The van der Waals surface area contributed by atoms with E-state index in [9.17, 15) is 24.9 Å². The normalized spacial score (nSPS) is 38.6. The molecule has 2 amide bonds. The van der Waals surface area contributed by atoms with Crippen LogP contribution in [0.25, 0.3) is 10.9 Å². The lowest BCUT2D eigenvalue weighted by atomic mass is 9.78. The predicted octanol–water partition coefficient (Wildman–Crippen LogP) is 1.55. The highest BCUT2D eigenvalue weighted by molar-refractivity contribution is 5.90. The molecule has 4 rings (SSSR count). The van der Waals surface area contributed by atoms with Crippen molar-refractivity contribution in [3.05, 3.63) is 36.0 Å². The van der Waals surface area contributed by atoms with Gasteiger partial charge in [-0.25, -0.2) is 0 Å². The summed E-state index contributed by atoms with van der Waals surface area (Å²) >= 11 is 0. The van der Waals surface area contributed by atoms with E-state index in [0.29, 0.717) is 6.42 Å². The first kappa shape index (κ1) is 33.4. The fraction of sp³-hybridized carbons (Fsp3) is 0.688. The molecule has 1 aromatic heterocycles. The Bertz CT molecular complexity index is 1250. The van der Waals surface area contributed by atoms with Crippen LogP contribution in [-0.4, -0.2) is 106 Å². The van der Waals surface area contributed by atoms with Crippen molar-refractivity contribution in [3.63, 3.8) is 0 Å². The van der Waals surface area contributed by atoms with Crippen LogP contribution in [0.4, 0.5) is 0 Å². The molecule has 6 N–H and O–H groups in total. The Labute approximate surface area is 254 Å². The fourth-order valence-electron chi connectivity index (χ4n) is 6.75. The molecular weight excluding hydrogens is 552 g/mol. The predicted molar refractivity (Wildman–Crippen MR) is 163 cm³/mol. The lowest BCUT2D eigenvalue weighted by Crippen LogP contribution is -2.59. The van der Waals surface area contributed by atoms with Gasteiger partial charge < -0.3 is 45.3 Å². The Balaban J connectivity index is 1.61. The summed E-state index contributed by atoms with van der Waals surface area (Å²) in [5.74, 6) is -2.67. The Kier molecular flexibility index (Phi) is 10.6. The first-order chi connectivity index (χ1) is 20.2. The molecule has 2 fully saturated rings. The molecule has 0 radical (unpaired) electrons. The van der Waals surface area contributed by atoms with Gasteiger partial charge in [-0.15, -0.1) is 0 Å². The van der Waals surface area contributed by atoms with Gasteiger partial charge in [0.1, 0.15) is 12.1 Å². The highest BCUT2D eigenvalue weighted by Gasteiger charge is 2.47. The number of amides is 2. The summed E-state index contributed by atoms with van der Waals surface area (Å²) in [6.07, 6.45) is -1.51. The number of hydrogen-bond donors (Lipinski definition) is 6. The number of benzene rings is 1. The van der Waals surface area contributed by atoms with Crippen molar-refractivity contribution in [2.75, 3.05) is 20.6 Å². The van der Waals surface area contributed by atoms with E-state index < -0.39 is 54.0 Å². The third-order valence-electron chi connectivity index (χ3n) is 9.23. The molecule has 2 aromatic rings. The van der Waals surface area contributed by atoms with Crippen LogP contribution in [0.2, 0.25) is 0 Å². The standard InChI is InChI=1S/C32H50N4O7/c1-17-14-32(5,41)28(43-31-27(38)25(36(6)7)12-18(2)42-31)19(3)26(37)20(4)29(39)35-24(30(40)34-15-17)13-21-16-33-23-11-9-8-10-22(21)23/h8-11,16-20,24-28,31,33,37-38,41H,12-15H2,1-7H3,(H,34,40)(H,35,39)/t17-,18-,19+,20-,24+,25+,26+,27-,28-,31+,32-/m1/s1. The van der Waals surface area contributed by atoms with Gasteiger partial charge in [-0.1, -0.05) is 39.0 Å². The van der Waals surface area contributed by atoms with Crippen LogP contribution in [0.1, 0.15) is 53.0 Å². The molecule has 2 aliphatic heterocycles. The number of nitrogens with zero attached hydrogens (tertiary/aromatic N) is 1. The SMILES string of the molecule is C[C@H]1CNC(=O)[C@H](Cc2c[nH]c3ccccc23)NC(=O)[C@H](C)[C@@H](O)[C@H](C)[C@@H](O[C@@H]2O[C@H](C)C[C@H](N(C)C)[C@H]2O)[C@](C)(O)C1. The molecule has 2 aliphatic rings. The van der Waals surface area contributed by atoms with Crippen LogP contribution >= 0.6 is 0 Å². The number of aliphatic hydroxyl groups excluding tert-OH is 2. The van der Waals surface area contributed by atoms with Crippen molar-refractivity contribution in [1.29, 1.82) is 0 Å². The summed E-state index contributed by atoms with van der Waals surface area (Å²) in [5.41, 5.74) is 0.338. The van der Waals surface area contributed by atoms with Crippen LogP contribution in [0.3, 0.4) is 0 Å². The quantitative estimate of drug-likeness (QED) is 0.301. The Morgan fingerprint density at radius 1 is 1.07 bits per heavy atom. The lowest BCUT2D eigenvalue weighted by molar-refractivity contribution is -0.299. The van der Waals surface area contributed by atoms with Gasteiger partial charge in [-0.05, 0) is 58.3 Å². The maximum absolute atomic E-state index is 13.5. The molecule has 240 valence electrons. The second-order valence-electron chi connectivity index (χ2n) is 13.3. The maximum Gasteiger partial charge on any atom is 0.242 e. The van der Waals surface area contributed by atoms with Crippen LogP contribution in [0, 0.1) is 17.8 Å². The lowest BCUT2D eigenvalue weighted by Gasteiger charge is -2.46. The molecule has 2 saturated heterocycles. The number of aromatic nitrogens is 1. The van der Waals surface area contributed by atoms with Crippen molar-refractivity contribution in [2.24, 2.45) is 17.8 Å². The van der Waals surface area contributed by atoms with E-state index in [-0.39, 0.29) is 43.4 Å². The van der Waals surface area contributed by atoms with E-state index in [1.54, 1.807) is 20.8 Å². The van der Waals surface area contributed by atoms with E-state index in [4.69, 9.17) is 9.47 Å². The van der Waals surface area contributed by atoms with E-state index in [1.807, 2.05) is 63.3 Å². The van der Waals surface area contributed by atoms with Crippen molar-refractivity contribution >= 4 is 22.7 Å². The van der Waals surface area contributed by atoms with Gasteiger partial charge in [0.2, 0.25) is 11.8 Å². The van der Waals surface area contributed by atoms with Crippen LogP contribution < -0.4 is 10.6 Å². The highest BCUT2D eigenvalue weighted by Crippen LogP contribution is 2.35. The van der Waals surface area contributed by atoms with Gasteiger partial charge in [-0.2, -0.15) is 0 Å².